The Balaban J connectivity index is 1.75. The normalized spacial score (nSPS) is 11.2. The average molecular weight is 344 g/mol. The number of aromatic nitrogens is 1. The lowest BCUT2D eigenvalue weighted by molar-refractivity contribution is 1.38. The summed E-state index contributed by atoms with van der Waals surface area (Å²) >= 11 is 9.30. The Morgan fingerprint density at radius 2 is 1.73 bits per heavy atom. The standard InChI is InChI=1S/C18H14ClNS2/c1-21-16-9-2-13(3-10-16)4-11-18-20-17(12-22-18)14-5-7-15(19)8-6-14/h2-12H,1H3/b11-4+. The van der Waals surface area contributed by atoms with Crippen molar-refractivity contribution in [1.82, 2.24) is 4.98 Å². The Bertz CT molecular complexity index is 774. The van der Waals surface area contributed by atoms with Gasteiger partial charge >= 0.3 is 0 Å². The van der Waals surface area contributed by atoms with Crippen LogP contribution in [0.4, 0.5) is 0 Å². The van der Waals surface area contributed by atoms with E-state index in [1.807, 2.05) is 24.3 Å². The maximum Gasteiger partial charge on any atom is 0.116 e. The summed E-state index contributed by atoms with van der Waals surface area (Å²) in [6.45, 7) is 0. The van der Waals surface area contributed by atoms with Crippen LogP contribution >= 0.6 is 34.7 Å². The smallest absolute Gasteiger partial charge is 0.116 e. The summed E-state index contributed by atoms with van der Waals surface area (Å²) in [5.41, 5.74) is 3.25. The molecule has 1 heterocycles. The van der Waals surface area contributed by atoms with Gasteiger partial charge in [0.25, 0.3) is 0 Å². The summed E-state index contributed by atoms with van der Waals surface area (Å²) in [4.78, 5) is 5.92. The van der Waals surface area contributed by atoms with Gasteiger partial charge in [0, 0.05) is 20.9 Å². The van der Waals surface area contributed by atoms with E-state index in [2.05, 4.69) is 53.0 Å². The highest BCUT2D eigenvalue weighted by Crippen LogP contribution is 2.24. The molecule has 0 bridgehead atoms. The molecule has 2 aromatic carbocycles. The van der Waals surface area contributed by atoms with Gasteiger partial charge in [-0.1, -0.05) is 41.9 Å². The molecule has 4 heteroatoms. The minimum absolute atomic E-state index is 0.743. The first-order valence-electron chi connectivity index (χ1n) is 6.78. The summed E-state index contributed by atoms with van der Waals surface area (Å²) in [6.07, 6.45) is 6.23. The van der Waals surface area contributed by atoms with Crippen molar-refractivity contribution in [2.45, 2.75) is 4.90 Å². The van der Waals surface area contributed by atoms with Crippen molar-refractivity contribution in [1.29, 1.82) is 0 Å². The van der Waals surface area contributed by atoms with Gasteiger partial charge in [-0.25, -0.2) is 4.98 Å². The maximum atomic E-state index is 5.91. The fraction of sp³-hybridized carbons (Fsp3) is 0.0556. The summed E-state index contributed by atoms with van der Waals surface area (Å²) in [6, 6.07) is 16.3. The summed E-state index contributed by atoms with van der Waals surface area (Å²) < 4.78 is 0. The van der Waals surface area contributed by atoms with E-state index in [1.165, 1.54) is 10.5 Å². The molecule has 0 aliphatic carbocycles. The van der Waals surface area contributed by atoms with Crippen molar-refractivity contribution < 1.29 is 0 Å². The van der Waals surface area contributed by atoms with E-state index in [4.69, 9.17) is 11.6 Å². The number of rotatable bonds is 4. The third-order valence-corrected chi connectivity index (χ3v) is 5.00. The molecule has 0 aliphatic rings. The number of thiazole rings is 1. The van der Waals surface area contributed by atoms with Crippen LogP contribution in [0, 0.1) is 0 Å². The minimum atomic E-state index is 0.743. The van der Waals surface area contributed by atoms with Crippen molar-refractivity contribution >= 4 is 46.9 Å². The monoisotopic (exact) mass is 343 g/mol. The van der Waals surface area contributed by atoms with E-state index in [-0.39, 0.29) is 0 Å². The molecule has 3 rings (SSSR count). The molecule has 0 fully saturated rings. The zero-order valence-corrected chi connectivity index (χ0v) is 14.4. The zero-order valence-electron chi connectivity index (χ0n) is 12.0. The highest BCUT2D eigenvalue weighted by Gasteiger charge is 2.02. The van der Waals surface area contributed by atoms with Gasteiger partial charge in [0.1, 0.15) is 5.01 Å². The Morgan fingerprint density at radius 3 is 2.41 bits per heavy atom. The molecule has 0 aliphatic heterocycles. The maximum absolute atomic E-state index is 5.91. The van der Waals surface area contributed by atoms with Crippen LogP contribution in [-0.4, -0.2) is 11.2 Å². The van der Waals surface area contributed by atoms with Gasteiger partial charge in [-0.15, -0.1) is 23.1 Å². The van der Waals surface area contributed by atoms with E-state index >= 15 is 0 Å². The molecule has 0 saturated carbocycles. The highest BCUT2D eigenvalue weighted by atomic mass is 35.5. The van der Waals surface area contributed by atoms with Crippen molar-refractivity contribution in [3.63, 3.8) is 0 Å². The summed E-state index contributed by atoms with van der Waals surface area (Å²) in [5, 5.41) is 3.81. The molecule has 0 spiro atoms. The molecule has 0 atom stereocenters. The first-order valence-corrected chi connectivity index (χ1v) is 9.26. The molecule has 110 valence electrons. The van der Waals surface area contributed by atoms with Crippen LogP contribution in [0.3, 0.4) is 0 Å². The number of hydrogen-bond acceptors (Lipinski definition) is 3. The van der Waals surface area contributed by atoms with E-state index in [0.29, 0.717) is 0 Å². The van der Waals surface area contributed by atoms with Gasteiger partial charge in [-0.05, 0) is 42.2 Å². The Hall–Kier alpha value is -1.55. The van der Waals surface area contributed by atoms with Crippen LogP contribution in [0.2, 0.25) is 5.02 Å². The van der Waals surface area contributed by atoms with Crippen molar-refractivity contribution in [2.75, 3.05) is 6.26 Å². The first kappa shape index (κ1) is 15.3. The Morgan fingerprint density at radius 1 is 1.00 bits per heavy atom. The lowest BCUT2D eigenvalue weighted by atomic mass is 10.2. The second kappa shape index (κ2) is 7.14. The third kappa shape index (κ3) is 3.80. The number of thioether (sulfide) groups is 1. The van der Waals surface area contributed by atoms with Crippen LogP contribution in [-0.2, 0) is 0 Å². The van der Waals surface area contributed by atoms with Crippen molar-refractivity contribution in [3.05, 3.63) is 69.5 Å². The van der Waals surface area contributed by atoms with E-state index in [1.54, 1.807) is 23.1 Å². The van der Waals surface area contributed by atoms with E-state index in [0.717, 1.165) is 21.3 Å². The number of halogens is 1. The predicted octanol–water partition coefficient (Wildman–Crippen LogP) is 6.36. The quantitative estimate of drug-likeness (QED) is 0.511. The molecule has 0 radical (unpaired) electrons. The van der Waals surface area contributed by atoms with Crippen LogP contribution in [0.1, 0.15) is 10.6 Å². The second-order valence-corrected chi connectivity index (χ2v) is 6.89. The van der Waals surface area contributed by atoms with Gasteiger partial charge in [0.15, 0.2) is 0 Å². The fourth-order valence-corrected chi connectivity index (χ4v) is 3.25. The first-order chi connectivity index (χ1) is 10.7. The van der Waals surface area contributed by atoms with Crippen LogP contribution in [0.25, 0.3) is 23.4 Å². The van der Waals surface area contributed by atoms with E-state index < -0.39 is 0 Å². The molecule has 0 N–H and O–H groups in total. The number of nitrogens with zero attached hydrogens (tertiary/aromatic N) is 1. The summed E-state index contributed by atoms with van der Waals surface area (Å²) in [7, 11) is 0. The Kier molecular flexibility index (Phi) is 4.98. The largest absolute Gasteiger partial charge is 0.237 e. The molecule has 1 aromatic heterocycles. The molecular weight excluding hydrogens is 330 g/mol. The van der Waals surface area contributed by atoms with Gasteiger partial charge in [0.05, 0.1) is 5.69 Å². The molecule has 0 unspecified atom stereocenters. The molecule has 0 amide bonds. The molecule has 3 aromatic rings. The topological polar surface area (TPSA) is 12.9 Å². The minimum Gasteiger partial charge on any atom is -0.237 e. The lowest BCUT2D eigenvalue weighted by Gasteiger charge is -1.96. The predicted molar refractivity (Wildman–Crippen MR) is 99.7 cm³/mol. The molecule has 0 saturated heterocycles. The molecule has 1 nitrogen and oxygen atoms in total. The fourth-order valence-electron chi connectivity index (χ4n) is 2.00. The number of benzene rings is 2. The molecule has 22 heavy (non-hydrogen) atoms. The van der Waals surface area contributed by atoms with Gasteiger partial charge < -0.3 is 0 Å². The lowest BCUT2D eigenvalue weighted by Crippen LogP contribution is -1.78. The van der Waals surface area contributed by atoms with Crippen LogP contribution in [0.5, 0.6) is 0 Å². The zero-order chi connectivity index (χ0) is 15.4. The second-order valence-electron chi connectivity index (χ2n) is 4.68. The van der Waals surface area contributed by atoms with Gasteiger partial charge in [-0.2, -0.15) is 0 Å². The van der Waals surface area contributed by atoms with Crippen molar-refractivity contribution in [2.24, 2.45) is 0 Å². The average Bonchev–Trinajstić information content (AvgIpc) is 3.03. The van der Waals surface area contributed by atoms with Crippen LogP contribution in [0.15, 0.2) is 58.8 Å². The SMILES string of the molecule is CSc1ccc(/C=C/c2nc(-c3ccc(Cl)cc3)cs2)cc1. The van der Waals surface area contributed by atoms with Gasteiger partial charge in [-0.3, -0.25) is 0 Å². The number of hydrogen-bond donors (Lipinski definition) is 0. The Labute approximate surface area is 143 Å². The van der Waals surface area contributed by atoms with Gasteiger partial charge in [0.2, 0.25) is 0 Å². The highest BCUT2D eigenvalue weighted by molar-refractivity contribution is 7.98. The van der Waals surface area contributed by atoms with E-state index in [9.17, 15) is 0 Å². The van der Waals surface area contributed by atoms with Crippen molar-refractivity contribution in [3.8, 4) is 11.3 Å². The summed E-state index contributed by atoms with van der Waals surface area (Å²) in [5.74, 6) is 0. The molecular formula is C18H14ClNS2. The van der Waals surface area contributed by atoms with Crippen LogP contribution < -0.4 is 0 Å². The third-order valence-electron chi connectivity index (χ3n) is 3.20.